The Labute approximate surface area is 169 Å². The summed E-state index contributed by atoms with van der Waals surface area (Å²) < 4.78 is 25.0. The van der Waals surface area contributed by atoms with Crippen LogP contribution in [0.5, 0.6) is 11.5 Å². The Kier molecular flexibility index (Phi) is 5.04. The van der Waals surface area contributed by atoms with Crippen LogP contribution < -0.4 is 14.4 Å². The molecule has 1 fully saturated rings. The first-order chi connectivity index (χ1) is 13.9. The molecule has 1 N–H and O–H groups in total. The monoisotopic (exact) mass is 396 g/mol. The minimum absolute atomic E-state index is 0.315. The molecule has 0 saturated carbocycles. The van der Waals surface area contributed by atoms with E-state index in [1.54, 1.807) is 26.4 Å². The molecule has 1 saturated heterocycles. The van der Waals surface area contributed by atoms with Crippen molar-refractivity contribution in [3.8, 4) is 11.5 Å². The molecule has 1 aliphatic rings. The Morgan fingerprint density at radius 3 is 2.31 bits per heavy atom. The first kappa shape index (κ1) is 19.5. The molecule has 2 aromatic carbocycles. The number of aryl methyl sites for hydroxylation is 1. The fraction of sp³-hybridized carbons (Fsp3) is 0.348. The number of aliphatic hydroxyl groups is 1. The van der Waals surface area contributed by atoms with E-state index in [1.807, 2.05) is 31.2 Å². The largest absolute Gasteiger partial charge is 0.497 e. The molecule has 1 aliphatic heterocycles. The van der Waals surface area contributed by atoms with E-state index in [9.17, 15) is 9.50 Å². The quantitative estimate of drug-likeness (QED) is 0.717. The molecule has 2 heterocycles. The van der Waals surface area contributed by atoms with Gasteiger partial charge in [-0.2, -0.15) is 0 Å². The van der Waals surface area contributed by atoms with Crippen LogP contribution in [0.2, 0.25) is 0 Å². The van der Waals surface area contributed by atoms with Crippen molar-refractivity contribution < 1.29 is 19.0 Å². The van der Waals surface area contributed by atoms with Crippen molar-refractivity contribution in [2.45, 2.75) is 25.4 Å². The molecule has 0 amide bonds. The number of benzene rings is 2. The van der Waals surface area contributed by atoms with Crippen molar-refractivity contribution in [3.05, 3.63) is 59.5 Å². The lowest BCUT2D eigenvalue weighted by Gasteiger charge is -2.40. The van der Waals surface area contributed by atoms with Crippen LogP contribution in [-0.4, -0.2) is 37.4 Å². The summed E-state index contributed by atoms with van der Waals surface area (Å²) >= 11 is 0. The van der Waals surface area contributed by atoms with Gasteiger partial charge in [0.2, 0.25) is 0 Å². The van der Waals surface area contributed by atoms with Gasteiger partial charge in [-0.25, -0.2) is 9.37 Å². The molecule has 152 valence electrons. The van der Waals surface area contributed by atoms with Gasteiger partial charge in [-0.05, 0) is 49.6 Å². The summed E-state index contributed by atoms with van der Waals surface area (Å²) in [4.78, 5) is 6.56. The molecule has 3 aromatic rings. The number of piperidine rings is 1. The minimum atomic E-state index is -0.971. The number of rotatable bonds is 4. The van der Waals surface area contributed by atoms with Crippen LogP contribution >= 0.6 is 0 Å². The van der Waals surface area contributed by atoms with Crippen molar-refractivity contribution >= 4 is 16.6 Å². The molecule has 0 aliphatic carbocycles. The van der Waals surface area contributed by atoms with E-state index >= 15 is 0 Å². The number of para-hydroxylation sites is 1. The Bertz CT molecular complexity index is 1020. The molecule has 6 heteroatoms. The predicted molar refractivity (Wildman–Crippen MR) is 111 cm³/mol. The topological polar surface area (TPSA) is 54.8 Å². The number of aromatic nitrogens is 1. The number of halogens is 1. The standard InChI is InChI=1S/C23H25FN2O3/c1-15-11-21(19-5-4-6-20(24)22(19)25-15)26-9-7-23(27,8-10-26)16-12-17(28-2)14-18(13-16)29-3/h4-6,11-14,27H,7-10H2,1-3H3. The molecular formula is C23H25FN2O3. The highest BCUT2D eigenvalue weighted by Crippen LogP contribution is 2.39. The van der Waals surface area contributed by atoms with Crippen LogP contribution in [0.25, 0.3) is 10.9 Å². The number of anilines is 1. The van der Waals surface area contributed by atoms with Crippen molar-refractivity contribution in [1.29, 1.82) is 0 Å². The Balaban J connectivity index is 1.64. The van der Waals surface area contributed by atoms with Gasteiger partial charge in [0.25, 0.3) is 0 Å². The normalized spacial score (nSPS) is 16.1. The molecule has 0 unspecified atom stereocenters. The van der Waals surface area contributed by atoms with Crippen molar-refractivity contribution in [2.75, 3.05) is 32.2 Å². The van der Waals surface area contributed by atoms with Gasteiger partial charge in [0.1, 0.15) is 22.8 Å². The summed E-state index contributed by atoms with van der Waals surface area (Å²) in [6.07, 6.45) is 1.09. The molecule has 5 nitrogen and oxygen atoms in total. The molecule has 0 bridgehead atoms. The van der Waals surface area contributed by atoms with Crippen LogP contribution in [0.3, 0.4) is 0 Å². The smallest absolute Gasteiger partial charge is 0.149 e. The van der Waals surface area contributed by atoms with Gasteiger partial charge in [0.05, 0.1) is 19.8 Å². The first-order valence-corrected chi connectivity index (χ1v) is 9.70. The molecule has 1 aromatic heterocycles. The third-order valence-electron chi connectivity index (χ3n) is 5.72. The van der Waals surface area contributed by atoms with Crippen molar-refractivity contribution in [2.24, 2.45) is 0 Å². The Morgan fingerprint density at radius 2 is 1.69 bits per heavy atom. The average Bonchev–Trinajstić information content (AvgIpc) is 2.74. The number of hydrogen-bond acceptors (Lipinski definition) is 5. The van der Waals surface area contributed by atoms with Gasteiger partial charge >= 0.3 is 0 Å². The summed E-state index contributed by atoms with van der Waals surface area (Å²) in [6, 6.07) is 12.5. The van der Waals surface area contributed by atoms with Crippen molar-refractivity contribution in [1.82, 2.24) is 4.98 Å². The minimum Gasteiger partial charge on any atom is -0.497 e. The number of ether oxygens (including phenoxy) is 2. The van der Waals surface area contributed by atoms with Crippen LogP contribution in [0.1, 0.15) is 24.1 Å². The molecular weight excluding hydrogens is 371 g/mol. The number of nitrogens with zero attached hydrogens (tertiary/aromatic N) is 2. The zero-order valence-electron chi connectivity index (χ0n) is 16.9. The van der Waals surface area contributed by atoms with Gasteiger partial charge in [-0.1, -0.05) is 12.1 Å². The van der Waals surface area contributed by atoms with Crippen LogP contribution in [0.4, 0.5) is 10.1 Å². The number of methoxy groups -OCH3 is 2. The Morgan fingerprint density at radius 1 is 1.03 bits per heavy atom. The first-order valence-electron chi connectivity index (χ1n) is 9.70. The maximum Gasteiger partial charge on any atom is 0.149 e. The van der Waals surface area contributed by atoms with E-state index in [2.05, 4.69) is 9.88 Å². The molecule has 0 spiro atoms. The third kappa shape index (κ3) is 3.60. The Hall–Kier alpha value is -2.86. The van der Waals surface area contributed by atoms with E-state index < -0.39 is 5.60 Å². The average molecular weight is 396 g/mol. The van der Waals surface area contributed by atoms with Gasteiger partial charge in [-0.3, -0.25) is 0 Å². The summed E-state index contributed by atoms with van der Waals surface area (Å²) in [5.41, 5.74) is 1.94. The highest BCUT2D eigenvalue weighted by molar-refractivity contribution is 5.92. The maximum absolute atomic E-state index is 14.3. The summed E-state index contributed by atoms with van der Waals surface area (Å²) in [5.74, 6) is 0.993. The lowest BCUT2D eigenvalue weighted by Crippen LogP contribution is -2.42. The van der Waals surface area contributed by atoms with Crippen LogP contribution in [-0.2, 0) is 5.60 Å². The van der Waals surface area contributed by atoms with Gasteiger partial charge in [0, 0.05) is 35.9 Å². The fourth-order valence-corrected chi connectivity index (χ4v) is 4.06. The van der Waals surface area contributed by atoms with Crippen molar-refractivity contribution in [3.63, 3.8) is 0 Å². The highest BCUT2D eigenvalue weighted by Gasteiger charge is 2.35. The van der Waals surface area contributed by atoms with E-state index in [1.165, 1.54) is 6.07 Å². The SMILES string of the molecule is COc1cc(OC)cc(C2(O)CCN(c3cc(C)nc4c(F)cccc34)CC2)c1. The van der Waals surface area contributed by atoms with E-state index in [0.717, 1.165) is 22.3 Å². The number of hydrogen-bond donors (Lipinski definition) is 1. The zero-order valence-corrected chi connectivity index (χ0v) is 16.9. The summed E-state index contributed by atoms with van der Waals surface area (Å²) in [6.45, 7) is 3.16. The maximum atomic E-state index is 14.3. The molecule has 0 radical (unpaired) electrons. The zero-order chi connectivity index (χ0) is 20.6. The fourth-order valence-electron chi connectivity index (χ4n) is 4.06. The predicted octanol–water partition coefficient (Wildman–Crippen LogP) is 4.19. The lowest BCUT2D eigenvalue weighted by molar-refractivity contribution is 0.0114. The second-order valence-corrected chi connectivity index (χ2v) is 7.54. The summed E-state index contributed by atoms with van der Waals surface area (Å²) in [7, 11) is 3.20. The second kappa shape index (κ2) is 7.52. The van der Waals surface area contributed by atoms with Gasteiger partial charge < -0.3 is 19.5 Å². The third-order valence-corrected chi connectivity index (χ3v) is 5.72. The van der Waals surface area contributed by atoms with E-state index in [-0.39, 0.29) is 5.82 Å². The molecule has 0 atom stereocenters. The van der Waals surface area contributed by atoms with Crippen LogP contribution in [0.15, 0.2) is 42.5 Å². The second-order valence-electron chi connectivity index (χ2n) is 7.54. The van der Waals surface area contributed by atoms with Crippen LogP contribution in [0, 0.1) is 12.7 Å². The number of pyridine rings is 1. The molecule has 4 rings (SSSR count). The van der Waals surface area contributed by atoms with E-state index in [4.69, 9.17) is 9.47 Å². The molecule has 29 heavy (non-hydrogen) atoms. The number of fused-ring (bicyclic) bond motifs is 1. The highest BCUT2D eigenvalue weighted by atomic mass is 19.1. The van der Waals surface area contributed by atoms with Gasteiger partial charge in [-0.15, -0.1) is 0 Å². The lowest BCUT2D eigenvalue weighted by atomic mass is 9.84. The summed E-state index contributed by atoms with van der Waals surface area (Å²) in [5, 5.41) is 12.1. The van der Waals surface area contributed by atoms with Gasteiger partial charge in [0.15, 0.2) is 0 Å². The van der Waals surface area contributed by atoms with E-state index in [0.29, 0.717) is 42.9 Å².